The lowest BCUT2D eigenvalue weighted by atomic mass is 9.95. The number of para-hydroxylation sites is 2. The van der Waals surface area contributed by atoms with Crippen LogP contribution in [0.5, 0.6) is 11.6 Å². The summed E-state index contributed by atoms with van der Waals surface area (Å²) in [6, 6.07) is 9.90. The second-order valence-electron chi connectivity index (χ2n) is 11.9. The van der Waals surface area contributed by atoms with Crippen LogP contribution in [0.25, 0.3) is 5.69 Å². The first-order valence-corrected chi connectivity index (χ1v) is 16.0. The van der Waals surface area contributed by atoms with Gasteiger partial charge in [-0.2, -0.15) is 5.10 Å². The Balaban J connectivity index is 1.23. The number of carbonyl (C=O) groups is 2. The van der Waals surface area contributed by atoms with Gasteiger partial charge in [0.25, 0.3) is 5.91 Å². The van der Waals surface area contributed by atoms with Gasteiger partial charge in [0, 0.05) is 64.1 Å². The SMILES string of the molecule is COc1ccccc1-n1cc(C[C@H]2NC(=O)c3cccnc3OCCOCCN(Cc3cnn(C)c3)CC3CCN(CC3)C2=O)nn1. The van der Waals surface area contributed by atoms with Crippen molar-refractivity contribution in [2.75, 3.05) is 53.1 Å². The Kier molecular flexibility index (Phi) is 10.4. The van der Waals surface area contributed by atoms with Crippen LogP contribution in [0.15, 0.2) is 61.2 Å². The Bertz CT molecular complexity index is 1650. The molecule has 47 heavy (non-hydrogen) atoms. The molecule has 3 aromatic heterocycles. The number of rotatable bonds is 6. The Morgan fingerprint density at radius 3 is 2.68 bits per heavy atom. The van der Waals surface area contributed by atoms with Crippen LogP contribution < -0.4 is 14.8 Å². The second-order valence-corrected chi connectivity index (χ2v) is 11.9. The topological polar surface area (TPSA) is 142 Å². The Labute approximate surface area is 273 Å². The summed E-state index contributed by atoms with van der Waals surface area (Å²) in [7, 11) is 3.52. The Morgan fingerprint density at radius 2 is 1.87 bits per heavy atom. The van der Waals surface area contributed by atoms with E-state index < -0.39 is 11.9 Å². The summed E-state index contributed by atoms with van der Waals surface area (Å²) in [6.07, 6.45) is 9.14. The Hall–Kier alpha value is -4.82. The van der Waals surface area contributed by atoms with Crippen LogP contribution in [0.3, 0.4) is 0 Å². The van der Waals surface area contributed by atoms with Crippen molar-refractivity contribution in [3.63, 3.8) is 0 Å². The average molecular weight is 644 g/mol. The highest BCUT2D eigenvalue weighted by Gasteiger charge is 2.32. The molecule has 248 valence electrons. The highest BCUT2D eigenvalue weighted by molar-refractivity contribution is 5.99. The first-order chi connectivity index (χ1) is 23.0. The summed E-state index contributed by atoms with van der Waals surface area (Å²) in [6.45, 7) is 4.73. The lowest BCUT2D eigenvalue weighted by Gasteiger charge is -2.36. The van der Waals surface area contributed by atoms with E-state index in [0.29, 0.717) is 43.7 Å². The minimum absolute atomic E-state index is 0.156. The van der Waals surface area contributed by atoms with Crippen LogP contribution in [0, 0.1) is 5.92 Å². The number of amides is 2. The van der Waals surface area contributed by atoms with Gasteiger partial charge in [0.15, 0.2) is 0 Å². The van der Waals surface area contributed by atoms with Gasteiger partial charge < -0.3 is 24.4 Å². The number of hydrogen-bond donors (Lipinski definition) is 1. The van der Waals surface area contributed by atoms with E-state index in [1.807, 2.05) is 53.3 Å². The monoisotopic (exact) mass is 643 g/mol. The highest BCUT2D eigenvalue weighted by Crippen LogP contribution is 2.23. The first-order valence-electron chi connectivity index (χ1n) is 16.0. The van der Waals surface area contributed by atoms with Crippen LogP contribution in [0.1, 0.15) is 34.5 Å². The first kappa shape index (κ1) is 32.1. The molecule has 7 rings (SSSR count). The lowest BCUT2D eigenvalue weighted by Crippen LogP contribution is -2.52. The van der Waals surface area contributed by atoms with Gasteiger partial charge >= 0.3 is 0 Å². The van der Waals surface area contributed by atoms with Gasteiger partial charge in [-0.3, -0.25) is 19.2 Å². The predicted molar refractivity (Wildman–Crippen MR) is 171 cm³/mol. The zero-order valence-corrected chi connectivity index (χ0v) is 26.8. The van der Waals surface area contributed by atoms with Crippen LogP contribution in [0.2, 0.25) is 0 Å². The van der Waals surface area contributed by atoms with Gasteiger partial charge in [-0.15, -0.1) is 5.10 Å². The van der Waals surface area contributed by atoms with Crippen LogP contribution >= 0.6 is 0 Å². The smallest absolute Gasteiger partial charge is 0.257 e. The second kappa shape index (κ2) is 15.2. The zero-order valence-electron chi connectivity index (χ0n) is 26.8. The van der Waals surface area contributed by atoms with Gasteiger partial charge in [-0.1, -0.05) is 17.3 Å². The molecule has 3 aliphatic rings. The van der Waals surface area contributed by atoms with Gasteiger partial charge in [0.2, 0.25) is 11.8 Å². The number of carbonyl (C=O) groups excluding carboxylic acids is 2. The molecule has 2 bridgehead atoms. The third-order valence-corrected chi connectivity index (χ3v) is 8.53. The largest absolute Gasteiger partial charge is 0.494 e. The summed E-state index contributed by atoms with van der Waals surface area (Å²) in [5.41, 5.74) is 2.66. The van der Waals surface area contributed by atoms with E-state index in [1.165, 1.54) is 0 Å². The minimum Gasteiger partial charge on any atom is -0.494 e. The molecule has 1 fully saturated rings. The number of ether oxygens (including phenoxy) is 3. The molecule has 0 aliphatic carbocycles. The molecular weight excluding hydrogens is 602 g/mol. The number of pyridine rings is 1. The van der Waals surface area contributed by atoms with E-state index in [9.17, 15) is 9.59 Å². The zero-order chi connectivity index (χ0) is 32.6. The summed E-state index contributed by atoms with van der Waals surface area (Å²) in [5.74, 6) is 0.635. The van der Waals surface area contributed by atoms with E-state index in [0.717, 1.165) is 43.7 Å². The molecule has 4 aromatic rings. The summed E-state index contributed by atoms with van der Waals surface area (Å²) >= 11 is 0. The van der Waals surface area contributed by atoms with Crippen molar-refractivity contribution < 1.29 is 23.8 Å². The quantitative estimate of drug-likeness (QED) is 0.310. The fourth-order valence-corrected chi connectivity index (χ4v) is 6.11. The van der Waals surface area contributed by atoms with E-state index in [-0.39, 0.29) is 30.4 Å². The fraction of sp³-hybridized carbons (Fsp3) is 0.455. The molecule has 1 N–H and O–H groups in total. The van der Waals surface area contributed by atoms with Crippen molar-refractivity contribution in [2.45, 2.75) is 31.8 Å². The van der Waals surface area contributed by atoms with Crippen LogP contribution in [0.4, 0.5) is 0 Å². The fourth-order valence-electron chi connectivity index (χ4n) is 6.11. The van der Waals surface area contributed by atoms with E-state index in [2.05, 4.69) is 30.6 Å². The number of aromatic nitrogens is 6. The number of nitrogens with zero attached hydrogens (tertiary/aromatic N) is 8. The predicted octanol–water partition coefficient (Wildman–Crippen LogP) is 1.90. The summed E-state index contributed by atoms with van der Waals surface area (Å²) < 4.78 is 20.7. The van der Waals surface area contributed by atoms with Crippen molar-refractivity contribution in [2.24, 2.45) is 13.0 Å². The maximum Gasteiger partial charge on any atom is 0.257 e. The Morgan fingerprint density at radius 1 is 1.02 bits per heavy atom. The van der Waals surface area contributed by atoms with Gasteiger partial charge in [0.1, 0.15) is 29.6 Å². The van der Waals surface area contributed by atoms with E-state index in [4.69, 9.17) is 14.2 Å². The number of methoxy groups -OCH3 is 1. The third kappa shape index (κ3) is 8.13. The molecule has 0 saturated carbocycles. The highest BCUT2D eigenvalue weighted by atomic mass is 16.5. The van der Waals surface area contributed by atoms with Crippen molar-refractivity contribution >= 4 is 11.8 Å². The molecule has 1 saturated heterocycles. The molecule has 1 aromatic carbocycles. The van der Waals surface area contributed by atoms with E-state index in [1.54, 1.807) is 36.3 Å². The molecule has 14 heteroatoms. The summed E-state index contributed by atoms with van der Waals surface area (Å²) in [4.78, 5) is 36.3. The van der Waals surface area contributed by atoms with Crippen molar-refractivity contribution in [3.05, 3.63) is 78.0 Å². The third-order valence-electron chi connectivity index (χ3n) is 8.53. The normalized spacial score (nSPS) is 20.2. The van der Waals surface area contributed by atoms with Crippen LogP contribution in [-0.2, 0) is 29.5 Å². The molecule has 1 atom stereocenters. The number of hydrogen-bond acceptors (Lipinski definition) is 10. The molecule has 0 unspecified atom stereocenters. The number of benzene rings is 1. The maximum atomic E-state index is 14.1. The molecule has 0 radical (unpaired) electrons. The van der Waals surface area contributed by atoms with Crippen molar-refractivity contribution in [1.82, 2.24) is 44.9 Å². The van der Waals surface area contributed by atoms with Gasteiger partial charge in [-0.05, 0) is 43.0 Å². The standard InChI is InChI=1S/C33H41N9O5/c1-39-20-25(19-35-39)22-40-14-15-46-16-17-47-32-27(6-5-11-34-32)31(43)36-28(33(44)41-12-9-24(21-40)10-13-41)18-26-23-42(38-37-26)29-7-3-4-8-30(29)45-2/h3-8,11,19-20,23-24,28H,9-10,12-18,21-22H2,1-2H3,(H,36,43)/t28-/m1/s1. The molecule has 6 heterocycles. The van der Waals surface area contributed by atoms with Crippen molar-refractivity contribution in [1.29, 1.82) is 0 Å². The van der Waals surface area contributed by atoms with Gasteiger partial charge in [0.05, 0.1) is 38.4 Å². The van der Waals surface area contributed by atoms with E-state index >= 15 is 0 Å². The minimum atomic E-state index is -0.876. The number of aryl methyl sites for hydroxylation is 1. The molecule has 2 amide bonds. The number of fused-ring (bicyclic) bond motifs is 12. The van der Waals surface area contributed by atoms with Gasteiger partial charge in [-0.25, -0.2) is 9.67 Å². The molecular formula is C33H41N9O5. The summed E-state index contributed by atoms with van der Waals surface area (Å²) in [5, 5.41) is 15.9. The van der Waals surface area contributed by atoms with Crippen molar-refractivity contribution in [3.8, 4) is 17.3 Å². The number of nitrogens with one attached hydrogen (secondary N) is 1. The molecule has 14 nitrogen and oxygen atoms in total. The molecule has 3 aliphatic heterocycles. The number of piperidine rings is 1. The maximum absolute atomic E-state index is 14.1. The van der Waals surface area contributed by atoms with Crippen LogP contribution in [-0.4, -0.2) is 111 Å². The average Bonchev–Trinajstić information content (AvgIpc) is 3.74. The lowest BCUT2D eigenvalue weighted by molar-refractivity contribution is -0.134. The molecule has 0 spiro atoms.